The first-order valence-electron chi connectivity index (χ1n) is 11.5. The van der Waals surface area contributed by atoms with Crippen LogP contribution in [0.2, 0.25) is 0 Å². The molecule has 210 valence electrons. The molecule has 0 atom stereocenters. The van der Waals surface area contributed by atoms with E-state index in [1.807, 2.05) is 6.07 Å². The Morgan fingerprint density at radius 1 is 1.13 bits per heavy atom. The third kappa shape index (κ3) is 8.68. The van der Waals surface area contributed by atoms with E-state index in [2.05, 4.69) is 35.1 Å². The second-order valence-electron chi connectivity index (χ2n) is 8.13. The Kier molecular flexibility index (Phi) is 12.4. The van der Waals surface area contributed by atoms with Crippen molar-refractivity contribution < 1.29 is 22.3 Å². The van der Waals surface area contributed by atoms with Gasteiger partial charge in [-0.2, -0.15) is 18.3 Å². The number of anilines is 2. The maximum atomic E-state index is 13.8. The second kappa shape index (κ2) is 14.7. The third-order valence-electron chi connectivity index (χ3n) is 5.23. The first-order valence-corrected chi connectivity index (χ1v) is 11.5. The lowest BCUT2D eigenvalue weighted by atomic mass is 10.0. The number of ether oxygens (including phenoxy) is 1. The molecular weight excluding hydrogens is 510 g/mol. The van der Waals surface area contributed by atoms with Crippen molar-refractivity contribution in [2.45, 2.75) is 34.0 Å². The normalized spacial score (nSPS) is 10.4. The molecule has 0 aliphatic rings. The number of benzene rings is 2. The largest absolute Gasteiger partial charge is 0.416 e. The topological polar surface area (TPSA) is 78.0 Å². The second-order valence-corrected chi connectivity index (χ2v) is 8.13. The van der Waals surface area contributed by atoms with Crippen LogP contribution in [0, 0.1) is 12.7 Å². The fraction of sp³-hybridized carbons (Fsp3) is 0.241. The SMILES string of the molecule is C.C=C.C=C(C)Nc1cccc(C(F)(F)F)c1.COCCn1nc(N)c2c(-c3ccc(C)c(F)c3)cncc21. The molecule has 0 saturated heterocycles. The zero-order chi connectivity index (χ0) is 28.5. The molecule has 0 saturated carbocycles. The molecule has 3 N–H and O–H groups in total. The Morgan fingerprint density at radius 2 is 1.82 bits per heavy atom. The maximum absolute atomic E-state index is 13.8. The van der Waals surface area contributed by atoms with Crippen molar-refractivity contribution in [1.29, 1.82) is 0 Å². The molecule has 2 aromatic heterocycles. The van der Waals surface area contributed by atoms with Gasteiger partial charge in [-0.15, -0.1) is 13.2 Å². The zero-order valence-corrected chi connectivity index (χ0v) is 21.6. The van der Waals surface area contributed by atoms with E-state index in [0.717, 1.165) is 34.2 Å². The molecule has 10 heteroatoms. The Balaban J connectivity index is 0.000000390. The van der Waals surface area contributed by atoms with Gasteiger partial charge < -0.3 is 15.8 Å². The molecule has 0 radical (unpaired) electrons. The van der Waals surface area contributed by atoms with Crippen molar-refractivity contribution in [2.24, 2.45) is 0 Å². The van der Waals surface area contributed by atoms with E-state index in [-0.39, 0.29) is 13.2 Å². The zero-order valence-electron chi connectivity index (χ0n) is 21.6. The molecule has 2 aromatic carbocycles. The smallest absolute Gasteiger partial charge is 0.383 e. The summed E-state index contributed by atoms with van der Waals surface area (Å²) in [7, 11) is 1.63. The van der Waals surface area contributed by atoms with E-state index in [1.165, 1.54) is 12.1 Å². The van der Waals surface area contributed by atoms with Gasteiger partial charge in [-0.05, 0) is 49.2 Å². The quantitative estimate of drug-likeness (QED) is 0.190. The van der Waals surface area contributed by atoms with E-state index < -0.39 is 11.7 Å². The Labute approximate surface area is 226 Å². The van der Waals surface area contributed by atoms with E-state index in [9.17, 15) is 17.6 Å². The number of nitrogens with two attached hydrogens (primary N) is 1. The van der Waals surface area contributed by atoms with Crippen LogP contribution >= 0.6 is 0 Å². The lowest BCUT2D eigenvalue weighted by Crippen LogP contribution is -2.06. The van der Waals surface area contributed by atoms with Crippen LogP contribution in [-0.2, 0) is 17.5 Å². The number of halogens is 4. The van der Waals surface area contributed by atoms with Gasteiger partial charge in [-0.3, -0.25) is 9.67 Å². The van der Waals surface area contributed by atoms with Gasteiger partial charge in [0.15, 0.2) is 5.82 Å². The van der Waals surface area contributed by atoms with Crippen LogP contribution in [0.25, 0.3) is 22.0 Å². The highest BCUT2D eigenvalue weighted by atomic mass is 19.4. The summed E-state index contributed by atoms with van der Waals surface area (Å²) < 4.78 is 57.4. The molecule has 39 heavy (non-hydrogen) atoms. The number of nitrogens with one attached hydrogen (secondary N) is 1. The van der Waals surface area contributed by atoms with Gasteiger partial charge in [0.05, 0.1) is 35.8 Å². The fourth-order valence-corrected chi connectivity index (χ4v) is 3.50. The van der Waals surface area contributed by atoms with Crippen LogP contribution in [0.4, 0.5) is 29.1 Å². The molecule has 0 spiro atoms. The number of aryl methyl sites for hydroxylation is 1. The van der Waals surface area contributed by atoms with E-state index in [1.54, 1.807) is 50.2 Å². The average molecular weight is 546 g/mol. The Bertz CT molecular complexity index is 1380. The highest BCUT2D eigenvalue weighted by molar-refractivity contribution is 6.01. The summed E-state index contributed by atoms with van der Waals surface area (Å²) in [5, 5.41) is 7.84. The van der Waals surface area contributed by atoms with Crippen LogP contribution in [-0.4, -0.2) is 28.5 Å². The molecule has 0 amide bonds. The third-order valence-corrected chi connectivity index (χ3v) is 5.23. The predicted octanol–water partition coefficient (Wildman–Crippen LogP) is 7.86. The van der Waals surface area contributed by atoms with Gasteiger partial charge in [0, 0.05) is 30.3 Å². The lowest BCUT2D eigenvalue weighted by Gasteiger charge is -2.09. The number of rotatable bonds is 6. The van der Waals surface area contributed by atoms with Gasteiger partial charge in [0.2, 0.25) is 0 Å². The molecule has 0 aliphatic carbocycles. The van der Waals surface area contributed by atoms with Crippen LogP contribution < -0.4 is 11.1 Å². The van der Waals surface area contributed by atoms with Crippen molar-refractivity contribution in [3.8, 4) is 11.1 Å². The predicted molar refractivity (Wildman–Crippen MR) is 152 cm³/mol. The lowest BCUT2D eigenvalue weighted by molar-refractivity contribution is -0.137. The highest BCUT2D eigenvalue weighted by Gasteiger charge is 2.30. The minimum atomic E-state index is -4.30. The number of aromatic nitrogens is 3. The van der Waals surface area contributed by atoms with E-state index in [0.29, 0.717) is 35.9 Å². The molecular formula is C29H35F4N5O. The molecule has 4 aromatic rings. The summed E-state index contributed by atoms with van der Waals surface area (Å²) in [6.45, 7) is 14.1. The van der Waals surface area contributed by atoms with Crippen molar-refractivity contribution in [1.82, 2.24) is 14.8 Å². The number of fused-ring (bicyclic) bond motifs is 1. The molecule has 0 aliphatic heterocycles. The summed E-state index contributed by atoms with van der Waals surface area (Å²) >= 11 is 0. The first-order chi connectivity index (χ1) is 18.0. The average Bonchev–Trinajstić information content (AvgIpc) is 3.21. The summed E-state index contributed by atoms with van der Waals surface area (Å²) in [6.07, 6.45) is -0.902. The van der Waals surface area contributed by atoms with Crippen molar-refractivity contribution in [3.05, 3.63) is 97.2 Å². The number of nitrogens with zero attached hydrogens (tertiary/aromatic N) is 3. The summed E-state index contributed by atoms with van der Waals surface area (Å²) in [6, 6.07) is 10.1. The number of pyridine rings is 1. The summed E-state index contributed by atoms with van der Waals surface area (Å²) in [5.41, 5.74) is 9.32. The molecule has 0 bridgehead atoms. The fourth-order valence-electron chi connectivity index (χ4n) is 3.50. The number of methoxy groups -OCH3 is 1. The van der Waals surface area contributed by atoms with Crippen LogP contribution in [0.1, 0.15) is 25.5 Å². The molecule has 2 heterocycles. The van der Waals surface area contributed by atoms with Gasteiger partial charge >= 0.3 is 6.18 Å². The van der Waals surface area contributed by atoms with Gasteiger partial charge in [-0.1, -0.05) is 32.2 Å². The number of nitrogen functional groups attached to an aromatic ring is 1. The number of hydrogen-bond donors (Lipinski definition) is 2. The van der Waals surface area contributed by atoms with Gasteiger partial charge in [0.1, 0.15) is 5.82 Å². The van der Waals surface area contributed by atoms with Crippen LogP contribution in [0.3, 0.4) is 0 Å². The molecule has 0 fully saturated rings. The van der Waals surface area contributed by atoms with Crippen molar-refractivity contribution in [2.75, 3.05) is 24.8 Å². The van der Waals surface area contributed by atoms with Crippen molar-refractivity contribution in [3.63, 3.8) is 0 Å². The van der Waals surface area contributed by atoms with Crippen LogP contribution in [0.15, 0.2) is 80.3 Å². The standard InChI is InChI=1S/C16H17FN4O.C10H10F3N.C2H4.CH4/c1-10-3-4-11(7-13(10)17)12-8-19-9-14-15(12)16(18)20-21(14)5-6-22-2;1-7(2)14-9-5-3-4-8(6-9)10(11,12)13;1-2;/h3-4,7-9H,5-6H2,1-2H3,(H2,18,20);3-6,14H,1H2,2H3;1-2H2;1H4. The number of allylic oxidation sites excluding steroid dienone is 1. The van der Waals surface area contributed by atoms with Gasteiger partial charge in [-0.25, -0.2) is 4.39 Å². The Morgan fingerprint density at radius 3 is 2.41 bits per heavy atom. The van der Waals surface area contributed by atoms with E-state index >= 15 is 0 Å². The minimum Gasteiger partial charge on any atom is -0.383 e. The minimum absolute atomic E-state index is 0. The summed E-state index contributed by atoms with van der Waals surface area (Å²) in [4.78, 5) is 4.24. The van der Waals surface area contributed by atoms with Crippen molar-refractivity contribution >= 4 is 22.4 Å². The van der Waals surface area contributed by atoms with Crippen LogP contribution in [0.5, 0.6) is 0 Å². The molecule has 6 nitrogen and oxygen atoms in total. The first kappa shape index (κ1) is 32.8. The molecule has 4 rings (SSSR count). The molecule has 0 unspecified atom stereocenters. The number of alkyl halides is 3. The van der Waals surface area contributed by atoms with E-state index in [4.69, 9.17) is 10.5 Å². The highest BCUT2D eigenvalue weighted by Crippen LogP contribution is 2.33. The Hall–Kier alpha value is -4.18. The maximum Gasteiger partial charge on any atom is 0.416 e. The van der Waals surface area contributed by atoms with Gasteiger partial charge in [0.25, 0.3) is 0 Å². The summed E-state index contributed by atoms with van der Waals surface area (Å²) in [5.74, 6) is 0.157. The monoisotopic (exact) mass is 545 g/mol. The number of hydrogen-bond acceptors (Lipinski definition) is 5.